The van der Waals surface area contributed by atoms with Crippen LogP contribution in [-0.4, -0.2) is 0 Å². The van der Waals surface area contributed by atoms with Crippen molar-refractivity contribution in [3.05, 3.63) is 157 Å². The van der Waals surface area contributed by atoms with Gasteiger partial charge in [0.2, 0.25) is 0 Å². The van der Waals surface area contributed by atoms with E-state index in [0.29, 0.717) is 0 Å². The highest BCUT2D eigenvalue weighted by Gasteiger charge is 2.45. The molecule has 248 valence electrons. The quantitative estimate of drug-likeness (QED) is 0.184. The highest BCUT2D eigenvalue weighted by molar-refractivity contribution is 7.26. The number of ether oxygens (including phenoxy) is 2. The molecule has 0 bridgehead atoms. The summed E-state index contributed by atoms with van der Waals surface area (Å²) in [5.41, 5.74) is 12.0. The SMILES string of the molecule is c1ccc2c(c1)Oc1cc(N(c3ccc4c(c3)C3(CCCC3)c3ccccc3-4)c3cccc4sc5ccccc5c34)cc3c1N2c1ccccc1O3. The van der Waals surface area contributed by atoms with E-state index in [9.17, 15) is 0 Å². The van der Waals surface area contributed by atoms with E-state index in [2.05, 4.69) is 143 Å². The van der Waals surface area contributed by atoms with Crippen LogP contribution in [0.25, 0.3) is 31.3 Å². The van der Waals surface area contributed by atoms with Gasteiger partial charge in [0, 0.05) is 43.4 Å². The average Bonchev–Trinajstić information content (AvgIpc) is 3.91. The van der Waals surface area contributed by atoms with Gasteiger partial charge >= 0.3 is 0 Å². The van der Waals surface area contributed by atoms with Crippen molar-refractivity contribution in [3.63, 3.8) is 0 Å². The third-order valence-corrected chi connectivity index (χ3v) is 12.9. The maximum absolute atomic E-state index is 6.79. The Hall–Kier alpha value is -6.04. The molecule has 4 aliphatic rings. The Bertz CT molecular complexity index is 2720. The summed E-state index contributed by atoms with van der Waals surface area (Å²) in [7, 11) is 0. The van der Waals surface area contributed by atoms with Crippen LogP contribution in [-0.2, 0) is 5.41 Å². The zero-order valence-corrected chi connectivity index (χ0v) is 29.1. The first-order valence-electron chi connectivity index (χ1n) is 18.2. The van der Waals surface area contributed by atoms with E-state index in [0.717, 1.165) is 57.1 Å². The van der Waals surface area contributed by atoms with Crippen LogP contribution >= 0.6 is 11.3 Å². The fourth-order valence-electron chi connectivity index (χ4n) is 9.61. The first-order chi connectivity index (χ1) is 25.7. The van der Waals surface area contributed by atoms with E-state index in [4.69, 9.17) is 9.47 Å². The van der Waals surface area contributed by atoms with E-state index >= 15 is 0 Å². The molecule has 5 heteroatoms. The number of rotatable bonds is 3. The van der Waals surface area contributed by atoms with Crippen molar-refractivity contribution in [2.45, 2.75) is 31.1 Å². The van der Waals surface area contributed by atoms with E-state index in [-0.39, 0.29) is 5.41 Å². The van der Waals surface area contributed by atoms with Crippen molar-refractivity contribution in [3.8, 4) is 34.1 Å². The third kappa shape index (κ3) is 3.81. The first-order valence-corrected chi connectivity index (χ1v) is 19.0. The standard InChI is InChI=1S/C47H32N2O2S/c1-3-14-34-31(12-1)32-23-22-29(26-35(32)47(34)24-9-10-25-47)48(38-17-11-21-44-45(38)33-13-2-8-20-43(33)52-44)30-27-41-46-42(28-30)51-40-19-7-5-16-37(40)49(46)36-15-4-6-18-39(36)50-41/h1-8,11-23,26-28H,9-10,24-25H2. The molecule has 52 heavy (non-hydrogen) atoms. The zero-order chi connectivity index (χ0) is 34.0. The van der Waals surface area contributed by atoms with Crippen LogP contribution in [0.2, 0.25) is 0 Å². The molecule has 7 aromatic carbocycles. The second-order valence-corrected chi connectivity index (χ2v) is 15.5. The van der Waals surface area contributed by atoms with Gasteiger partial charge in [-0.2, -0.15) is 0 Å². The maximum Gasteiger partial charge on any atom is 0.157 e. The van der Waals surface area contributed by atoms with Crippen molar-refractivity contribution < 1.29 is 9.47 Å². The van der Waals surface area contributed by atoms with Crippen molar-refractivity contribution in [2.24, 2.45) is 0 Å². The third-order valence-electron chi connectivity index (χ3n) is 11.7. The van der Waals surface area contributed by atoms with Crippen molar-refractivity contribution >= 4 is 65.6 Å². The van der Waals surface area contributed by atoms with Crippen LogP contribution in [0.5, 0.6) is 23.0 Å². The molecule has 1 aromatic heterocycles. The summed E-state index contributed by atoms with van der Waals surface area (Å²) in [6, 6.07) is 52.8. The molecular weight excluding hydrogens is 657 g/mol. The minimum Gasteiger partial charge on any atom is -0.453 e. The Morgan fingerprint density at radius 1 is 0.538 bits per heavy atom. The molecule has 2 aliphatic heterocycles. The van der Waals surface area contributed by atoms with Crippen molar-refractivity contribution in [1.29, 1.82) is 0 Å². The zero-order valence-electron chi connectivity index (χ0n) is 28.3. The van der Waals surface area contributed by atoms with Crippen molar-refractivity contribution in [2.75, 3.05) is 9.80 Å². The number of nitrogens with zero attached hydrogens (tertiary/aromatic N) is 2. The molecular formula is C47H32N2O2S. The molecule has 0 N–H and O–H groups in total. The molecule has 0 saturated heterocycles. The number of benzene rings is 7. The number of hydrogen-bond donors (Lipinski definition) is 0. The van der Waals surface area contributed by atoms with Gasteiger partial charge in [-0.1, -0.05) is 91.7 Å². The first kappa shape index (κ1) is 28.6. The molecule has 2 aliphatic carbocycles. The molecule has 0 amide bonds. The topological polar surface area (TPSA) is 24.9 Å². The summed E-state index contributed by atoms with van der Waals surface area (Å²) in [6.45, 7) is 0. The van der Waals surface area contributed by atoms with Gasteiger partial charge in [-0.15, -0.1) is 11.3 Å². The van der Waals surface area contributed by atoms with E-state index in [1.165, 1.54) is 68.1 Å². The lowest BCUT2D eigenvalue weighted by molar-refractivity contribution is 0.446. The lowest BCUT2D eigenvalue weighted by Gasteiger charge is -2.39. The summed E-state index contributed by atoms with van der Waals surface area (Å²) >= 11 is 1.85. The van der Waals surface area contributed by atoms with E-state index in [1.54, 1.807) is 0 Å². The molecule has 1 spiro atoms. The normalized spacial score (nSPS) is 15.4. The van der Waals surface area contributed by atoms with Crippen LogP contribution in [0.15, 0.2) is 146 Å². The van der Waals surface area contributed by atoms with Gasteiger partial charge in [0.05, 0.1) is 22.7 Å². The van der Waals surface area contributed by atoms with E-state index in [1.807, 2.05) is 23.5 Å². The molecule has 0 atom stereocenters. The molecule has 1 fully saturated rings. The lowest BCUT2D eigenvalue weighted by atomic mass is 9.76. The van der Waals surface area contributed by atoms with Gasteiger partial charge in [0.25, 0.3) is 0 Å². The highest BCUT2D eigenvalue weighted by atomic mass is 32.1. The van der Waals surface area contributed by atoms with Gasteiger partial charge in [0.1, 0.15) is 5.69 Å². The van der Waals surface area contributed by atoms with Crippen LogP contribution < -0.4 is 19.3 Å². The van der Waals surface area contributed by atoms with Crippen LogP contribution in [0.3, 0.4) is 0 Å². The predicted molar refractivity (Wildman–Crippen MR) is 214 cm³/mol. The Balaban J connectivity index is 1.13. The minimum absolute atomic E-state index is 0.0523. The summed E-state index contributed by atoms with van der Waals surface area (Å²) in [5.74, 6) is 3.19. The summed E-state index contributed by atoms with van der Waals surface area (Å²) < 4.78 is 16.1. The predicted octanol–water partition coefficient (Wildman–Crippen LogP) is 14.0. The fourth-order valence-corrected chi connectivity index (χ4v) is 10.7. The Morgan fingerprint density at radius 3 is 1.98 bits per heavy atom. The molecule has 1 saturated carbocycles. The number of anilines is 6. The Morgan fingerprint density at radius 2 is 1.19 bits per heavy atom. The number of thiophene rings is 1. The second-order valence-electron chi connectivity index (χ2n) is 14.4. The summed E-state index contributed by atoms with van der Waals surface area (Å²) in [6.07, 6.45) is 4.88. The lowest BCUT2D eigenvalue weighted by Crippen LogP contribution is -2.22. The monoisotopic (exact) mass is 688 g/mol. The van der Waals surface area contributed by atoms with Gasteiger partial charge in [-0.05, 0) is 89.7 Å². The molecule has 12 rings (SSSR count). The smallest absolute Gasteiger partial charge is 0.157 e. The Labute approximate surface area is 305 Å². The number of fused-ring (bicyclic) bond motifs is 12. The summed E-state index contributed by atoms with van der Waals surface area (Å²) in [4.78, 5) is 4.74. The molecule has 4 nitrogen and oxygen atoms in total. The van der Waals surface area contributed by atoms with Gasteiger partial charge in [0.15, 0.2) is 23.0 Å². The number of para-hydroxylation sites is 4. The highest BCUT2D eigenvalue weighted by Crippen LogP contribution is 2.62. The number of hydrogen-bond acceptors (Lipinski definition) is 5. The minimum atomic E-state index is 0.0523. The molecule has 0 unspecified atom stereocenters. The van der Waals surface area contributed by atoms with Gasteiger partial charge < -0.3 is 14.4 Å². The summed E-state index contributed by atoms with van der Waals surface area (Å²) in [5, 5.41) is 2.53. The van der Waals surface area contributed by atoms with Gasteiger partial charge in [-0.3, -0.25) is 4.90 Å². The van der Waals surface area contributed by atoms with Crippen LogP contribution in [0.1, 0.15) is 36.8 Å². The molecule has 8 aromatic rings. The van der Waals surface area contributed by atoms with Crippen molar-refractivity contribution in [1.82, 2.24) is 0 Å². The van der Waals surface area contributed by atoms with E-state index < -0.39 is 0 Å². The Kier molecular flexibility index (Phi) is 5.78. The van der Waals surface area contributed by atoms with Crippen LogP contribution in [0, 0.1) is 0 Å². The average molecular weight is 689 g/mol. The molecule has 0 radical (unpaired) electrons. The second kappa shape index (κ2) is 10.5. The fraction of sp³-hybridized carbons (Fsp3) is 0.106. The molecule has 3 heterocycles. The van der Waals surface area contributed by atoms with Crippen LogP contribution in [0.4, 0.5) is 34.1 Å². The van der Waals surface area contributed by atoms with Gasteiger partial charge in [-0.25, -0.2) is 0 Å². The largest absolute Gasteiger partial charge is 0.453 e. The maximum atomic E-state index is 6.79.